The fraction of sp³-hybridized carbons (Fsp3) is 0.462. The Labute approximate surface area is 115 Å². The monoisotopic (exact) mass is 282 g/mol. The van der Waals surface area contributed by atoms with Crippen LogP contribution in [-0.2, 0) is 11.3 Å². The Morgan fingerprint density at radius 3 is 2.70 bits per heavy atom. The predicted molar refractivity (Wildman–Crippen MR) is 68.7 cm³/mol. The molecule has 6 nitrogen and oxygen atoms in total. The molecule has 0 aliphatic heterocycles. The zero-order chi connectivity index (χ0) is 14.7. The Morgan fingerprint density at radius 2 is 2.20 bits per heavy atom. The summed E-state index contributed by atoms with van der Waals surface area (Å²) < 4.78 is 13.5. The minimum absolute atomic E-state index is 0.0337. The van der Waals surface area contributed by atoms with Crippen molar-refractivity contribution in [3.8, 4) is 0 Å². The molecule has 20 heavy (non-hydrogen) atoms. The van der Waals surface area contributed by atoms with E-state index in [2.05, 4.69) is 0 Å². The molecule has 0 heterocycles. The van der Waals surface area contributed by atoms with E-state index in [0.717, 1.165) is 25.0 Å². The topological polar surface area (TPSA) is 83.7 Å². The first kappa shape index (κ1) is 14.4. The first-order valence-corrected chi connectivity index (χ1v) is 6.36. The first-order chi connectivity index (χ1) is 9.47. The Balaban J connectivity index is 2.04. The van der Waals surface area contributed by atoms with Crippen molar-refractivity contribution in [2.45, 2.75) is 31.8 Å². The first-order valence-electron chi connectivity index (χ1n) is 6.36. The fourth-order valence-electron chi connectivity index (χ4n) is 2.10. The normalized spacial score (nSPS) is 14.5. The summed E-state index contributed by atoms with van der Waals surface area (Å²) in [6, 6.07) is 4.14. The maximum atomic E-state index is 13.5. The molecule has 0 saturated heterocycles. The van der Waals surface area contributed by atoms with Gasteiger partial charge in [-0.2, -0.15) is 4.39 Å². The van der Waals surface area contributed by atoms with Gasteiger partial charge in [0.05, 0.1) is 11.3 Å². The number of nitro benzene ring substituents is 1. The molecule has 0 radical (unpaired) electrons. The van der Waals surface area contributed by atoms with Gasteiger partial charge in [0, 0.05) is 25.2 Å². The van der Waals surface area contributed by atoms with Crippen molar-refractivity contribution in [2.75, 3.05) is 6.54 Å². The molecule has 1 N–H and O–H groups in total. The summed E-state index contributed by atoms with van der Waals surface area (Å²) in [7, 11) is 0. The van der Waals surface area contributed by atoms with Crippen LogP contribution in [0.5, 0.6) is 0 Å². The van der Waals surface area contributed by atoms with E-state index in [4.69, 9.17) is 5.11 Å². The number of halogens is 1. The van der Waals surface area contributed by atoms with Gasteiger partial charge in [-0.25, -0.2) is 0 Å². The van der Waals surface area contributed by atoms with Gasteiger partial charge in [0.25, 0.3) is 0 Å². The number of nitrogens with zero attached hydrogens (tertiary/aromatic N) is 2. The van der Waals surface area contributed by atoms with Crippen LogP contribution < -0.4 is 0 Å². The lowest BCUT2D eigenvalue weighted by atomic mass is 10.1. The second-order valence-corrected chi connectivity index (χ2v) is 4.89. The van der Waals surface area contributed by atoms with Crippen LogP contribution in [0.1, 0.15) is 24.8 Å². The van der Waals surface area contributed by atoms with Crippen molar-refractivity contribution >= 4 is 11.7 Å². The quantitative estimate of drug-likeness (QED) is 0.612. The van der Waals surface area contributed by atoms with E-state index in [1.807, 2.05) is 4.90 Å². The van der Waals surface area contributed by atoms with Crippen LogP contribution in [0.4, 0.5) is 10.1 Å². The molecule has 0 spiro atoms. The van der Waals surface area contributed by atoms with Crippen molar-refractivity contribution < 1.29 is 19.2 Å². The third kappa shape index (κ3) is 3.74. The summed E-state index contributed by atoms with van der Waals surface area (Å²) in [5.41, 5.74) is 0.0719. The minimum Gasteiger partial charge on any atom is -0.481 e. The van der Waals surface area contributed by atoms with Crippen LogP contribution in [0.2, 0.25) is 0 Å². The van der Waals surface area contributed by atoms with Gasteiger partial charge in [-0.05, 0) is 24.5 Å². The summed E-state index contributed by atoms with van der Waals surface area (Å²) in [6.45, 7) is 0.811. The molecule has 0 unspecified atom stereocenters. The number of carboxylic acid groups (broad SMARTS) is 1. The lowest BCUT2D eigenvalue weighted by molar-refractivity contribution is -0.387. The molecule has 1 fully saturated rings. The van der Waals surface area contributed by atoms with Gasteiger partial charge < -0.3 is 5.11 Å². The Kier molecular flexibility index (Phi) is 4.29. The summed E-state index contributed by atoms with van der Waals surface area (Å²) in [6.07, 6.45) is 2.05. The molecule has 0 amide bonds. The number of carbonyl (C=O) groups is 1. The summed E-state index contributed by atoms with van der Waals surface area (Å²) >= 11 is 0. The van der Waals surface area contributed by atoms with Crippen molar-refractivity contribution in [1.29, 1.82) is 0 Å². The third-order valence-electron chi connectivity index (χ3n) is 3.27. The third-order valence-corrected chi connectivity index (χ3v) is 3.27. The van der Waals surface area contributed by atoms with E-state index in [1.54, 1.807) is 0 Å². The van der Waals surface area contributed by atoms with Crippen molar-refractivity contribution in [3.05, 3.63) is 39.7 Å². The molecule has 0 atom stereocenters. The van der Waals surface area contributed by atoms with E-state index in [0.29, 0.717) is 24.7 Å². The summed E-state index contributed by atoms with van der Waals surface area (Å²) in [5.74, 6) is -1.73. The molecule has 0 bridgehead atoms. The maximum absolute atomic E-state index is 13.5. The van der Waals surface area contributed by atoms with Crippen LogP contribution in [0.25, 0.3) is 0 Å². The fourth-order valence-corrected chi connectivity index (χ4v) is 2.10. The van der Waals surface area contributed by atoms with E-state index in [1.165, 1.54) is 6.07 Å². The van der Waals surface area contributed by atoms with Crippen molar-refractivity contribution in [1.82, 2.24) is 4.90 Å². The number of hydrogen-bond donors (Lipinski definition) is 1. The average molecular weight is 282 g/mol. The second kappa shape index (κ2) is 5.96. The van der Waals surface area contributed by atoms with E-state index < -0.39 is 22.4 Å². The van der Waals surface area contributed by atoms with Gasteiger partial charge in [-0.1, -0.05) is 6.07 Å². The smallest absolute Gasteiger partial charge is 0.304 e. The van der Waals surface area contributed by atoms with Crippen molar-refractivity contribution in [3.63, 3.8) is 0 Å². The predicted octanol–water partition coefficient (Wildman–Crippen LogP) is 2.17. The van der Waals surface area contributed by atoms with Crippen LogP contribution in [0.15, 0.2) is 18.2 Å². The van der Waals surface area contributed by atoms with Crippen LogP contribution in [-0.4, -0.2) is 33.5 Å². The molecule has 2 rings (SSSR count). The molecule has 7 heteroatoms. The molecule has 1 aromatic carbocycles. The largest absolute Gasteiger partial charge is 0.481 e. The van der Waals surface area contributed by atoms with Gasteiger partial charge in [0.2, 0.25) is 5.82 Å². The molecule has 1 aliphatic carbocycles. The molecule has 0 aromatic heterocycles. The number of carboxylic acids is 1. The number of aliphatic carboxylic acids is 1. The number of nitro groups is 1. The molecule has 108 valence electrons. The molecular weight excluding hydrogens is 267 g/mol. The van der Waals surface area contributed by atoms with Crippen LogP contribution in [0, 0.1) is 15.9 Å². The maximum Gasteiger partial charge on any atom is 0.304 e. The molecule has 1 saturated carbocycles. The lowest BCUT2D eigenvalue weighted by Crippen LogP contribution is -2.28. The van der Waals surface area contributed by atoms with Gasteiger partial charge in [-0.15, -0.1) is 0 Å². The van der Waals surface area contributed by atoms with Gasteiger partial charge in [0.1, 0.15) is 0 Å². The van der Waals surface area contributed by atoms with Crippen molar-refractivity contribution in [2.24, 2.45) is 0 Å². The number of hydrogen-bond acceptors (Lipinski definition) is 4. The lowest BCUT2D eigenvalue weighted by Gasteiger charge is -2.21. The Bertz CT molecular complexity index is 531. The van der Waals surface area contributed by atoms with Gasteiger partial charge >= 0.3 is 11.7 Å². The second-order valence-electron chi connectivity index (χ2n) is 4.89. The highest BCUT2D eigenvalue weighted by Gasteiger charge is 2.29. The molecular formula is C13H15FN2O4. The Morgan fingerprint density at radius 1 is 1.50 bits per heavy atom. The zero-order valence-corrected chi connectivity index (χ0v) is 10.8. The Hall–Kier alpha value is -2.02. The SMILES string of the molecule is O=C(O)CCN(Cc1ccc([N+](=O)[O-])c(F)c1)C1CC1. The molecule has 1 aliphatic rings. The highest BCUT2D eigenvalue weighted by atomic mass is 19.1. The van der Waals surface area contributed by atoms with E-state index in [-0.39, 0.29) is 6.42 Å². The average Bonchev–Trinajstić information content (AvgIpc) is 3.18. The van der Waals surface area contributed by atoms with Gasteiger partial charge in [-0.3, -0.25) is 19.8 Å². The summed E-state index contributed by atoms with van der Waals surface area (Å²) in [5, 5.41) is 19.3. The molecule has 1 aromatic rings. The van der Waals surface area contributed by atoms with E-state index >= 15 is 0 Å². The highest BCUT2D eigenvalue weighted by molar-refractivity contribution is 5.66. The van der Waals surface area contributed by atoms with E-state index in [9.17, 15) is 19.3 Å². The zero-order valence-electron chi connectivity index (χ0n) is 10.8. The summed E-state index contributed by atoms with van der Waals surface area (Å²) in [4.78, 5) is 22.4. The van der Waals surface area contributed by atoms with Crippen LogP contribution >= 0.6 is 0 Å². The standard InChI is InChI=1S/C13H15FN2O4/c14-11-7-9(1-4-12(11)16(19)20)8-15(10-2-3-10)6-5-13(17)18/h1,4,7,10H,2-3,5-6,8H2,(H,17,18). The van der Waals surface area contributed by atoms with Crippen LogP contribution in [0.3, 0.4) is 0 Å². The number of benzene rings is 1. The number of rotatable bonds is 7. The van der Waals surface area contributed by atoms with Gasteiger partial charge in [0.15, 0.2) is 0 Å². The highest BCUT2D eigenvalue weighted by Crippen LogP contribution is 2.29. The minimum atomic E-state index is -0.870.